The summed E-state index contributed by atoms with van der Waals surface area (Å²) < 4.78 is 0. The average Bonchev–Trinajstić information content (AvgIpc) is 3.45. The second-order valence-electron chi connectivity index (χ2n) is 5.89. The minimum atomic E-state index is -0.560. The minimum Gasteiger partial charge on any atom is -0.362 e. The highest BCUT2D eigenvalue weighted by Gasteiger charge is 2.30. The van der Waals surface area contributed by atoms with Gasteiger partial charge in [-0.05, 0) is 36.4 Å². The summed E-state index contributed by atoms with van der Waals surface area (Å²) in [6.45, 7) is 0. The molecule has 2 aliphatic rings. The van der Waals surface area contributed by atoms with Gasteiger partial charge in [0.1, 0.15) is 11.4 Å². The van der Waals surface area contributed by atoms with Crippen molar-refractivity contribution in [2.24, 2.45) is 10.2 Å². The molecule has 10 nitrogen and oxygen atoms in total. The van der Waals surface area contributed by atoms with E-state index in [4.69, 9.17) is 0 Å². The van der Waals surface area contributed by atoms with Crippen molar-refractivity contribution in [3.05, 3.63) is 83.2 Å². The van der Waals surface area contributed by atoms with Gasteiger partial charge in [-0.3, -0.25) is 20.0 Å². The molecule has 4 rings (SSSR count). The van der Waals surface area contributed by atoms with Gasteiger partial charge in [0, 0.05) is 23.8 Å². The maximum Gasteiger partial charge on any atom is 0.233 e. The number of azo groups is 1. The number of H-pyrrole nitrogens is 2. The van der Waals surface area contributed by atoms with E-state index in [-0.39, 0.29) is 22.8 Å². The third kappa shape index (κ3) is 3.20. The molecule has 2 aliphatic heterocycles. The zero-order chi connectivity index (χ0) is 19.7. The van der Waals surface area contributed by atoms with Crippen molar-refractivity contribution in [1.82, 2.24) is 20.1 Å². The molecule has 0 spiro atoms. The Hall–Kier alpha value is -4.02. The fraction of sp³-hybridized carbons (Fsp3) is 0. The summed E-state index contributed by atoms with van der Waals surface area (Å²) in [5.41, 5.74) is 0.912. The number of Topliss-reactive ketones (excluding diaryl/α,β-unsaturated/α-hetero) is 2. The van der Waals surface area contributed by atoms with E-state index in [2.05, 4.69) is 20.2 Å². The molecule has 4 N–H and O–H groups in total. The molecule has 0 aromatic carbocycles. The van der Waals surface area contributed by atoms with Crippen molar-refractivity contribution in [3.8, 4) is 0 Å². The van der Waals surface area contributed by atoms with Gasteiger partial charge in [0.05, 0.1) is 12.4 Å². The molecule has 0 saturated carbocycles. The van der Waals surface area contributed by atoms with Crippen molar-refractivity contribution in [1.29, 1.82) is 0 Å². The molecule has 0 saturated heterocycles. The molecule has 28 heavy (non-hydrogen) atoms. The molecule has 0 bridgehead atoms. The number of nitrogens with zero attached hydrogens (tertiary/aromatic N) is 4. The van der Waals surface area contributed by atoms with Gasteiger partial charge < -0.3 is 9.97 Å². The zero-order valence-electron chi connectivity index (χ0n) is 14.3. The highest BCUT2D eigenvalue weighted by Crippen LogP contribution is 2.26. The van der Waals surface area contributed by atoms with Crippen LogP contribution in [0.15, 0.2) is 82.1 Å². The Morgan fingerprint density at radius 3 is 1.57 bits per heavy atom. The van der Waals surface area contributed by atoms with Gasteiger partial charge in [0.2, 0.25) is 11.6 Å². The van der Waals surface area contributed by atoms with Crippen LogP contribution >= 0.6 is 0 Å². The van der Waals surface area contributed by atoms with Crippen LogP contribution in [0.4, 0.5) is 0 Å². The fourth-order valence-corrected chi connectivity index (χ4v) is 2.63. The zero-order valence-corrected chi connectivity index (χ0v) is 14.3. The average molecular weight is 378 g/mol. The number of carbonyl (C=O) groups is 2. The van der Waals surface area contributed by atoms with E-state index in [1.54, 1.807) is 36.7 Å². The molecule has 0 atom stereocenters. The Labute approximate surface area is 158 Å². The van der Waals surface area contributed by atoms with Crippen molar-refractivity contribution < 1.29 is 20.0 Å². The van der Waals surface area contributed by atoms with E-state index in [1.807, 2.05) is 0 Å². The van der Waals surface area contributed by atoms with E-state index in [0.29, 0.717) is 21.5 Å². The summed E-state index contributed by atoms with van der Waals surface area (Å²) in [4.78, 5) is 30.5. The molecule has 140 valence electrons. The van der Waals surface area contributed by atoms with Crippen LogP contribution in [0.1, 0.15) is 11.4 Å². The Morgan fingerprint density at radius 2 is 1.21 bits per heavy atom. The molecule has 0 fully saturated rings. The third-order valence-corrected chi connectivity index (χ3v) is 4.01. The largest absolute Gasteiger partial charge is 0.362 e. The van der Waals surface area contributed by atoms with E-state index in [1.165, 1.54) is 12.2 Å². The maximum atomic E-state index is 12.4. The highest BCUT2D eigenvalue weighted by molar-refractivity contribution is 6.13. The maximum absolute atomic E-state index is 12.4. The van der Waals surface area contributed by atoms with Gasteiger partial charge in [-0.25, -0.2) is 10.1 Å². The quantitative estimate of drug-likeness (QED) is 0.476. The van der Waals surface area contributed by atoms with E-state index in [0.717, 1.165) is 12.4 Å². The number of hydroxylamine groups is 4. The monoisotopic (exact) mass is 378 g/mol. The van der Waals surface area contributed by atoms with Crippen LogP contribution in [0.2, 0.25) is 0 Å². The summed E-state index contributed by atoms with van der Waals surface area (Å²) in [5.74, 6) is -1.12. The van der Waals surface area contributed by atoms with Crippen LogP contribution < -0.4 is 0 Å². The van der Waals surface area contributed by atoms with Crippen LogP contribution in [0.3, 0.4) is 0 Å². The second kappa shape index (κ2) is 6.95. The van der Waals surface area contributed by atoms with Crippen LogP contribution in [-0.2, 0) is 9.59 Å². The molecule has 0 radical (unpaired) electrons. The molecule has 10 heteroatoms. The van der Waals surface area contributed by atoms with Crippen LogP contribution in [0.25, 0.3) is 12.2 Å². The summed E-state index contributed by atoms with van der Waals surface area (Å²) in [6.07, 6.45) is 8.44. The third-order valence-electron chi connectivity index (χ3n) is 4.01. The smallest absolute Gasteiger partial charge is 0.233 e. The lowest BCUT2D eigenvalue weighted by atomic mass is 10.2. The van der Waals surface area contributed by atoms with Gasteiger partial charge >= 0.3 is 0 Å². The van der Waals surface area contributed by atoms with Crippen molar-refractivity contribution in [2.45, 2.75) is 0 Å². The standard InChI is InChI=1S/C18H14N6O4/c25-17-13(9-23(27)15(17)7-11-3-1-5-19-11)21-22-14-10-24(28)16(18(14)26)8-12-4-2-6-20-12/h1-10,19-20,27-28H/b15-7-,16-8+,22-21?. The molecule has 0 unspecified atom stereocenters. The Kier molecular flexibility index (Phi) is 4.32. The van der Waals surface area contributed by atoms with Gasteiger partial charge in [-0.1, -0.05) is 0 Å². The van der Waals surface area contributed by atoms with Crippen LogP contribution in [-0.4, -0.2) is 42.1 Å². The number of nitrogens with one attached hydrogen (secondary N) is 2. The Morgan fingerprint density at radius 1 is 0.786 bits per heavy atom. The first-order valence-electron chi connectivity index (χ1n) is 8.14. The lowest BCUT2D eigenvalue weighted by molar-refractivity contribution is -0.116. The topological polar surface area (TPSA) is 137 Å². The number of aromatic amines is 2. The molecule has 4 heterocycles. The lowest BCUT2D eigenvalue weighted by Crippen LogP contribution is -2.11. The van der Waals surface area contributed by atoms with E-state index in [9.17, 15) is 20.0 Å². The highest BCUT2D eigenvalue weighted by atomic mass is 16.5. The molecule has 0 amide bonds. The number of hydrogen-bond donors (Lipinski definition) is 4. The predicted molar refractivity (Wildman–Crippen MR) is 95.8 cm³/mol. The fourth-order valence-electron chi connectivity index (χ4n) is 2.63. The molecule has 0 aliphatic carbocycles. The Bertz CT molecular complexity index is 987. The van der Waals surface area contributed by atoms with Gasteiger partial charge in [-0.15, -0.1) is 10.2 Å². The van der Waals surface area contributed by atoms with E-state index >= 15 is 0 Å². The van der Waals surface area contributed by atoms with Crippen LogP contribution in [0.5, 0.6) is 0 Å². The first-order valence-corrected chi connectivity index (χ1v) is 8.14. The summed E-state index contributed by atoms with van der Waals surface area (Å²) in [7, 11) is 0. The number of ketones is 2. The molecular formula is C18H14N6O4. The van der Waals surface area contributed by atoms with Crippen molar-refractivity contribution >= 4 is 23.7 Å². The molecular weight excluding hydrogens is 364 g/mol. The predicted octanol–water partition coefficient (Wildman–Crippen LogP) is 2.41. The normalized spacial score (nSPS) is 20.2. The summed E-state index contributed by atoms with van der Waals surface area (Å²) >= 11 is 0. The van der Waals surface area contributed by atoms with Gasteiger partial charge in [-0.2, -0.15) is 0 Å². The minimum absolute atomic E-state index is 0.0146. The molecule has 2 aromatic heterocycles. The van der Waals surface area contributed by atoms with Gasteiger partial charge in [0.15, 0.2) is 11.4 Å². The first-order chi connectivity index (χ1) is 13.5. The number of rotatable bonds is 4. The van der Waals surface area contributed by atoms with Crippen molar-refractivity contribution in [3.63, 3.8) is 0 Å². The Balaban J connectivity index is 1.52. The SMILES string of the molecule is O=C1C(N=NC2=CN(O)/C(=C/c3ccc[nH]3)C2=O)=CN(O)/C1=C\c1ccc[nH]1. The number of aromatic nitrogens is 2. The number of carbonyl (C=O) groups excluding carboxylic acids is 2. The summed E-state index contributed by atoms with van der Waals surface area (Å²) in [6, 6.07) is 6.95. The second-order valence-corrected chi connectivity index (χ2v) is 5.89. The lowest BCUT2D eigenvalue weighted by Gasteiger charge is -2.05. The first kappa shape index (κ1) is 17.4. The van der Waals surface area contributed by atoms with E-state index < -0.39 is 11.6 Å². The molecule has 2 aromatic rings. The van der Waals surface area contributed by atoms with Crippen molar-refractivity contribution in [2.75, 3.05) is 0 Å². The number of hydrogen-bond acceptors (Lipinski definition) is 8. The van der Waals surface area contributed by atoms with Gasteiger partial charge in [0.25, 0.3) is 0 Å². The summed E-state index contributed by atoms with van der Waals surface area (Å²) in [5, 5.41) is 28.6. The van der Waals surface area contributed by atoms with Crippen LogP contribution in [0, 0.1) is 0 Å².